The van der Waals surface area contributed by atoms with Gasteiger partial charge in [0.05, 0.1) is 11.6 Å². The fourth-order valence-electron chi connectivity index (χ4n) is 0.996. The molecule has 3 nitrogen and oxygen atoms in total. The number of hydrazine groups is 1. The lowest BCUT2D eigenvalue weighted by atomic mass is 9.93. The molecule has 0 aromatic carbocycles. The molecule has 0 aromatic heterocycles. The van der Waals surface area contributed by atoms with E-state index in [0.717, 1.165) is 12.0 Å². The average molecular weight is 172 g/mol. The van der Waals surface area contributed by atoms with Gasteiger partial charge >= 0.3 is 0 Å². The van der Waals surface area contributed by atoms with Crippen LogP contribution in [-0.4, -0.2) is 18.8 Å². The molecule has 0 aliphatic carbocycles. The Labute approximate surface area is 74.9 Å². The summed E-state index contributed by atoms with van der Waals surface area (Å²) in [6.45, 7) is 9.82. The second-order valence-electron chi connectivity index (χ2n) is 3.69. The molecule has 0 aliphatic heterocycles. The highest BCUT2D eigenvalue weighted by molar-refractivity contribution is 4.98. The summed E-state index contributed by atoms with van der Waals surface area (Å²) < 4.78 is 5.31. The van der Waals surface area contributed by atoms with E-state index >= 15 is 0 Å². The number of methoxy groups -OCH3 is 1. The lowest BCUT2D eigenvalue weighted by Crippen LogP contribution is -2.51. The van der Waals surface area contributed by atoms with E-state index < -0.39 is 0 Å². The Morgan fingerprint density at radius 1 is 1.67 bits per heavy atom. The molecule has 0 radical (unpaired) electrons. The van der Waals surface area contributed by atoms with E-state index in [-0.39, 0.29) is 11.6 Å². The molecular formula is C9H20N2O. The van der Waals surface area contributed by atoms with Crippen molar-refractivity contribution in [1.29, 1.82) is 0 Å². The van der Waals surface area contributed by atoms with Crippen molar-refractivity contribution in [2.24, 2.45) is 5.84 Å². The monoisotopic (exact) mass is 172 g/mol. The number of nitrogens with two attached hydrogens (primary N) is 1. The first-order chi connectivity index (χ1) is 5.44. The van der Waals surface area contributed by atoms with E-state index in [9.17, 15) is 0 Å². The molecule has 0 fully saturated rings. The van der Waals surface area contributed by atoms with Crippen molar-refractivity contribution in [1.82, 2.24) is 5.43 Å². The summed E-state index contributed by atoms with van der Waals surface area (Å²) in [5.41, 5.74) is 3.58. The van der Waals surface area contributed by atoms with Gasteiger partial charge in [0.1, 0.15) is 0 Å². The van der Waals surface area contributed by atoms with Gasteiger partial charge in [0.2, 0.25) is 0 Å². The molecule has 0 saturated carbocycles. The highest BCUT2D eigenvalue weighted by Crippen LogP contribution is 2.18. The highest BCUT2D eigenvalue weighted by Gasteiger charge is 2.27. The van der Waals surface area contributed by atoms with Crippen LogP contribution < -0.4 is 11.3 Å². The van der Waals surface area contributed by atoms with Crippen LogP contribution in [0.5, 0.6) is 0 Å². The van der Waals surface area contributed by atoms with Crippen LogP contribution in [-0.2, 0) is 4.74 Å². The molecule has 1 atom stereocenters. The Morgan fingerprint density at radius 3 is 2.42 bits per heavy atom. The van der Waals surface area contributed by atoms with Gasteiger partial charge in [0.25, 0.3) is 0 Å². The Bertz CT molecular complexity index is 155. The molecule has 3 N–H and O–H groups in total. The van der Waals surface area contributed by atoms with Crippen molar-refractivity contribution in [3.05, 3.63) is 12.2 Å². The third kappa shape index (κ3) is 3.34. The molecular weight excluding hydrogens is 152 g/mol. The standard InChI is InChI=1S/C9H20N2O/c1-7(2)6-8(11-10)9(3,4)12-5/h8,11H,1,6,10H2,2-5H3. The summed E-state index contributed by atoms with van der Waals surface area (Å²) in [5, 5.41) is 0. The molecule has 3 heteroatoms. The van der Waals surface area contributed by atoms with E-state index in [1.165, 1.54) is 0 Å². The fraction of sp³-hybridized carbons (Fsp3) is 0.778. The van der Waals surface area contributed by atoms with Gasteiger partial charge in [-0.2, -0.15) is 0 Å². The largest absolute Gasteiger partial charge is 0.377 e. The van der Waals surface area contributed by atoms with Gasteiger partial charge in [-0.15, -0.1) is 6.58 Å². The molecule has 0 bridgehead atoms. The summed E-state index contributed by atoms with van der Waals surface area (Å²) in [4.78, 5) is 0. The quantitative estimate of drug-likeness (QED) is 0.372. The van der Waals surface area contributed by atoms with Gasteiger partial charge in [0.15, 0.2) is 0 Å². The minimum Gasteiger partial charge on any atom is -0.377 e. The van der Waals surface area contributed by atoms with E-state index in [2.05, 4.69) is 12.0 Å². The fourth-order valence-corrected chi connectivity index (χ4v) is 0.996. The van der Waals surface area contributed by atoms with Gasteiger partial charge in [-0.25, -0.2) is 0 Å². The molecule has 0 rings (SSSR count). The van der Waals surface area contributed by atoms with Crippen LogP contribution in [0.1, 0.15) is 27.2 Å². The zero-order valence-corrected chi connectivity index (χ0v) is 8.48. The van der Waals surface area contributed by atoms with E-state index in [1.807, 2.05) is 20.8 Å². The lowest BCUT2D eigenvalue weighted by Gasteiger charge is -2.32. The molecule has 12 heavy (non-hydrogen) atoms. The van der Waals surface area contributed by atoms with Gasteiger partial charge in [-0.1, -0.05) is 5.57 Å². The van der Waals surface area contributed by atoms with Crippen LogP contribution in [0.4, 0.5) is 0 Å². The number of nitrogens with one attached hydrogen (secondary N) is 1. The third-order valence-electron chi connectivity index (χ3n) is 2.12. The summed E-state index contributed by atoms with van der Waals surface area (Å²) in [6.07, 6.45) is 0.831. The Morgan fingerprint density at radius 2 is 2.17 bits per heavy atom. The third-order valence-corrected chi connectivity index (χ3v) is 2.12. The van der Waals surface area contributed by atoms with Gasteiger partial charge in [-0.3, -0.25) is 11.3 Å². The number of hydrogen-bond donors (Lipinski definition) is 2. The van der Waals surface area contributed by atoms with Crippen molar-refractivity contribution in [2.45, 2.75) is 38.8 Å². The molecule has 72 valence electrons. The maximum atomic E-state index is 5.41. The van der Waals surface area contributed by atoms with E-state index in [0.29, 0.717) is 0 Å². The topological polar surface area (TPSA) is 47.3 Å². The molecule has 0 aliphatic rings. The average Bonchev–Trinajstić information content (AvgIpc) is 1.99. The SMILES string of the molecule is C=C(C)CC(NN)C(C)(C)OC. The molecule has 0 amide bonds. The first-order valence-corrected chi connectivity index (χ1v) is 4.09. The second-order valence-corrected chi connectivity index (χ2v) is 3.69. The van der Waals surface area contributed by atoms with Crippen molar-refractivity contribution in [3.8, 4) is 0 Å². The summed E-state index contributed by atoms with van der Waals surface area (Å²) >= 11 is 0. The Hall–Kier alpha value is -0.380. The summed E-state index contributed by atoms with van der Waals surface area (Å²) in [5.74, 6) is 5.41. The first kappa shape index (κ1) is 11.6. The van der Waals surface area contributed by atoms with Crippen LogP contribution in [0, 0.1) is 0 Å². The lowest BCUT2D eigenvalue weighted by molar-refractivity contribution is -0.0100. The second kappa shape index (κ2) is 4.60. The summed E-state index contributed by atoms with van der Waals surface area (Å²) in [7, 11) is 1.68. The molecule has 1 unspecified atom stereocenters. The van der Waals surface area contributed by atoms with Gasteiger partial charge in [-0.05, 0) is 27.2 Å². The van der Waals surface area contributed by atoms with Crippen molar-refractivity contribution in [2.75, 3.05) is 7.11 Å². The van der Waals surface area contributed by atoms with Crippen LogP contribution in [0.2, 0.25) is 0 Å². The van der Waals surface area contributed by atoms with Gasteiger partial charge in [0, 0.05) is 7.11 Å². The van der Waals surface area contributed by atoms with Crippen molar-refractivity contribution in [3.63, 3.8) is 0 Å². The van der Waals surface area contributed by atoms with Gasteiger partial charge < -0.3 is 4.74 Å². The predicted octanol–water partition coefficient (Wildman–Crippen LogP) is 1.21. The first-order valence-electron chi connectivity index (χ1n) is 4.09. The molecule has 0 spiro atoms. The van der Waals surface area contributed by atoms with Crippen LogP contribution in [0.15, 0.2) is 12.2 Å². The highest BCUT2D eigenvalue weighted by atomic mass is 16.5. The van der Waals surface area contributed by atoms with E-state index in [4.69, 9.17) is 10.6 Å². The number of rotatable bonds is 5. The number of hydrogen-bond acceptors (Lipinski definition) is 3. The molecule has 0 saturated heterocycles. The molecule has 0 aromatic rings. The zero-order valence-electron chi connectivity index (χ0n) is 8.48. The minimum atomic E-state index is -0.256. The number of ether oxygens (including phenoxy) is 1. The zero-order chi connectivity index (χ0) is 9.78. The maximum absolute atomic E-state index is 5.41. The van der Waals surface area contributed by atoms with Crippen LogP contribution in [0.3, 0.4) is 0 Å². The van der Waals surface area contributed by atoms with Crippen LogP contribution in [0.25, 0.3) is 0 Å². The normalized spacial score (nSPS) is 14.4. The van der Waals surface area contributed by atoms with Crippen LogP contribution >= 0.6 is 0 Å². The predicted molar refractivity (Wildman–Crippen MR) is 51.6 cm³/mol. The Balaban J connectivity index is 4.23. The minimum absolute atomic E-state index is 0.111. The Kier molecular flexibility index (Phi) is 4.45. The van der Waals surface area contributed by atoms with Crippen molar-refractivity contribution < 1.29 is 4.74 Å². The summed E-state index contributed by atoms with van der Waals surface area (Å²) in [6, 6.07) is 0.111. The smallest absolute Gasteiger partial charge is 0.0791 e. The maximum Gasteiger partial charge on any atom is 0.0791 e. The van der Waals surface area contributed by atoms with E-state index in [1.54, 1.807) is 7.11 Å². The van der Waals surface area contributed by atoms with Crippen molar-refractivity contribution >= 4 is 0 Å². The molecule has 0 heterocycles.